The van der Waals surface area contributed by atoms with Crippen molar-refractivity contribution in [2.75, 3.05) is 6.61 Å². The molecule has 0 saturated heterocycles. The zero-order valence-electron chi connectivity index (χ0n) is 13.3. The summed E-state index contributed by atoms with van der Waals surface area (Å²) in [5.41, 5.74) is 1.14. The molecule has 1 aromatic carbocycles. The van der Waals surface area contributed by atoms with Crippen molar-refractivity contribution < 1.29 is 67.9 Å². The van der Waals surface area contributed by atoms with Gasteiger partial charge in [-0.05, 0) is 44.5 Å². The summed E-state index contributed by atoms with van der Waals surface area (Å²) in [5.74, 6) is -0.302. The Morgan fingerprint density at radius 3 is 2.64 bits per heavy atom. The molecule has 0 aliphatic carbocycles. The molecule has 0 bridgehead atoms. The molecule has 0 N–H and O–H groups in total. The number of carbonyl (C=O) groups is 2. The Balaban J connectivity index is 0.00000220. The van der Waals surface area contributed by atoms with Crippen LogP contribution in [0.25, 0.3) is 0 Å². The molecule has 0 saturated carbocycles. The van der Waals surface area contributed by atoms with Crippen LogP contribution < -0.4 is 53.5 Å². The Morgan fingerprint density at radius 2 is 2.05 bits per heavy atom. The minimum absolute atomic E-state index is 0. The van der Waals surface area contributed by atoms with Gasteiger partial charge in [-0.15, -0.1) is 0 Å². The van der Waals surface area contributed by atoms with Crippen LogP contribution in [0.3, 0.4) is 0 Å². The Morgan fingerprint density at radius 1 is 1.41 bits per heavy atom. The number of esters is 1. The molecule has 0 spiro atoms. The fraction of sp³-hybridized carbons (Fsp3) is 0.467. The largest absolute Gasteiger partial charge is 1.00 e. The number of amides is 1. The molecule has 0 fully saturated rings. The van der Waals surface area contributed by atoms with Gasteiger partial charge in [0.1, 0.15) is 0 Å². The van der Waals surface area contributed by atoms with E-state index in [2.05, 4.69) is 15.9 Å². The molecule has 1 aliphatic rings. The van der Waals surface area contributed by atoms with E-state index in [1.165, 1.54) is 0 Å². The molecule has 4 nitrogen and oxygen atoms in total. The average molecular weight is 490 g/mol. The molecule has 0 radical (unpaired) electrons. The van der Waals surface area contributed by atoms with Gasteiger partial charge in [-0.25, -0.2) is 0 Å². The summed E-state index contributed by atoms with van der Waals surface area (Å²) >= 11 is 3.41. The fourth-order valence-corrected chi connectivity index (χ4v) is 2.85. The molecule has 1 amide bonds. The summed E-state index contributed by atoms with van der Waals surface area (Å²) in [6.45, 7) is 6.45. The van der Waals surface area contributed by atoms with Crippen LogP contribution in [0.1, 0.15) is 43.1 Å². The van der Waals surface area contributed by atoms with E-state index in [0.717, 1.165) is 10.0 Å². The predicted octanol–water partition coefficient (Wildman–Crippen LogP) is -2.86. The number of benzene rings is 1. The van der Waals surface area contributed by atoms with Gasteiger partial charge >= 0.3 is 35.5 Å². The van der Waals surface area contributed by atoms with Crippen molar-refractivity contribution in [2.45, 2.75) is 39.3 Å². The Bertz CT molecular complexity index is 566. The van der Waals surface area contributed by atoms with Gasteiger partial charge in [-0.3, -0.25) is 9.59 Å². The van der Waals surface area contributed by atoms with Crippen LogP contribution in [0.5, 0.6) is 0 Å². The maximum atomic E-state index is 12.5. The van der Waals surface area contributed by atoms with Crippen molar-refractivity contribution in [3.8, 4) is 0 Å². The molecule has 116 valence electrons. The van der Waals surface area contributed by atoms with Crippen LogP contribution in [0.4, 0.5) is 0 Å². The first-order valence-corrected chi connectivity index (χ1v) is 7.40. The van der Waals surface area contributed by atoms with Gasteiger partial charge in [0.15, 0.2) is 0 Å². The van der Waals surface area contributed by atoms with E-state index in [9.17, 15) is 9.59 Å². The second-order valence-electron chi connectivity index (χ2n) is 5.49. The van der Waals surface area contributed by atoms with Crippen molar-refractivity contribution in [3.63, 3.8) is 0 Å². The summed E-state index contributed by atoms with van der Waals surface area (Å²) in [6, 6.07) is 5.63. The average Bonchev–Trinajstić information content (AvgIpc) is 2.66. The third-order valence-corrected chi connectivity index (χ3v) is 3.98. The van der Waals surface area contributed by atoms with E-state index in [4.69, 9.17) is 4.74 Å². The zero-order valence-corrected chi connectivity index (χ0v) is 19.0. The first-order valence-electron chi connectivity index (χ1n) is 6.61. The summed E-state index contributed by atoms with van der Waals surface area (Å²) in [6.07, 6.45) is 0.196. The maximum absolute atomic E-state index is 12.5. The summed E-state index contributed by atoms with van der Waals surface area (Å²) in [5, 5.41) is 0. The van der Waals surface area contributed by atoms with Crippen molar-refractivity contribution >= 4 is 27.8 Å². The van der Waals surface area contributed by atoms with Crippen molar-refractivity contribution in [2.24, 2.45) is 0 Å². The topological polar surface area (TPSA) is 46.6 Å². The van der Waals surface area contributed by atoms with Crippen LogP contribution in [-0.2, 0) is 16.1 Å². The van der Waals surface area contributed by atoms with E-state index in [1.807, 2.05) is 32.0 Å². The van der Waals surface area contributed by atoms with E-state index < -0.39 is 5.54 Å². The molecule has 0 aromatic heterocycles. The predicted molar refractivity (Wildman–Crippen MR) is 79.3 cm³/mol. The van der Waals surface area contributed by atoms with Gasteiger partial charge in [-0.1, -0.05) is 15.9 Å². The normalized spacial score (nSPS) is 13.1. The smallest absolute Gasteiger partial charge is 1.00 e. The van der Waals surface area contributed by atoms with Crippen molar-refractivity contribution in [1.29, 1.82) is 0 Å². The van der Waals surface area contributed by atoms with Crippen LogP contribution in [-0.4, -0.2) is 28.9 Å². The van der Waals surface area contributed by atoms with Gasteiger partial charge in [0.05, 0.1) is 13.0 Å². The summed E-state index contributed by atoms with van der Waals surface area (Å²) < 4.78 is 5.94. The molecule has 0 atom stereocenters. The van der Waals surface area contributed by atoms with Gasteiger partial charge in [0, 0.05) is 22.1 Å². The van der Waals surface area contributed by atoms with Gasteiger partial charge in [0.25, 0.3) is 5.91 Å². The molecule has 1 aliphatic heterocycles. The number of nitrogens with zero attached hydrogens (tertiary/aromatic N) is 1. The van der Waals surface area contributed by atoms with Gasteiger partial charge < -0.3 is 33.6 Å². The number of carbonyl (C=O) groups excluding carboxylic acids is 2. The Labute approximate surface area is 178 Å². The molecular formula is C15H18BrINNaO3. The minimum Gasteiger partial charge on any atom is -1.00 e. The first-order chi connectivity index (χ1) is 9.35. The number of ether oxygens (including phenoxy) is 1. The maximum Gasteiger partial charge on any atom is 1.00 e. The molecule has 7 heteroatoms. The minimum atomic E-state index is -0.561. The summed E-state index contributed by atoms with van der Waals surface area (Å²) in [4.78, 5) is 25.9. The third-order valence-electron chi connectivity index (χ3n) is 3.48. The van der Waals surface area contributed by atoms with Crippen molar-refractivity contribution in [3.05, 3.63) is 33.8 Å². The van der Waals surface area contributed by atoms with Crippen LogP contribution in [0.2, 0.25) is 0 Å². The second kappa shape index (κ2) is 9.01. The number of hydrogen-bond acceptors (Lipinski definition) is 3. The second-order valence-corrected chi connectivity index (χ2v) is 6.40. The van der Waals surface area contributed by atoms with Crippen LogP contribution in [0, 0.1) is 0 Å². The van der Waals surface area contributed by atoms with Gasteiger partial charge in [-0.2, -0.15) is 0 Å². The molecular weight excluding hydrogens is 472 g/mol. The standard InChI is InChI=1S/C15H18BrNO3.HI.Na/c1-4-20-13(18)8-15(2,3)17-9-10-7-11(16)5-6-12(10)14(17)19;;/h5-7H,4,8-9H2,1-3H3;1H;/q;;+1/p-1. The number of rotatable bonds is 4. The van der Waals surface area contributed by atoms with Crippen LogP contribution >= 0.6 is 15.9 Å². The molecule has 1 aromatic rings. The molecule has 1 heterocycles. The van der Waals surface area contributed by atoms with E-state index in [-0.39, 0.29) is 71.8 Å². The monoisotopic (exact) mass is 489 g/mol. The zero-order chi connectivity index (χ0) is 14.9. The SMILES string of the molecule is CCOC(=O)CC(C)(C)N1Cc2cc(Br)ccc2C1=O.[I-].[Na+]. The number of fused-ring (bicyclic) bond motifs is 1. The van der Waals surface area contributed by atoms with Crippen molar-refractivity contribution in [1.82, 2.24) is 4.90 Å². The number of hydrogen-bond donors (Lipinski definition) is 0. The summed E-state index contributed by atoms with van der Waals surface area (Å²) in [7, 11) is 0. The third kappa shape index (κ3) is 4.93. The number of halogens is 2. The Kier molecular flexibility index (Phi) is 9.16. The quantitative estimate of drug-likeness (QED) is 0.260. The van der Waals surface area contributed by atoms with Gasteiger partial charge in [0.2, 0.25) is 0 Å². The Hall–Kier alpha value is 0.370. The van der Waals surface area contributed by atoms with E-state index >= 15 is 0 Å². The first kappa shape index (κ1) is 22.4. The molecule has 22 heavy (non-hydrogen) atoms. The molecule has 2 rings (SSSR count). The fourth-order valence-electron chi connectivity index (χ4n) is 2.44. The van der Waals surface area contributed by atoms with E-state index in [1.54, 1.807) is 11.8 Å². The van der Waals surface area contributed by atoms with E-state index in [0.29, 0.717) is 18.7 Å². The van der Waals surface area contributed by atoms with Crippen LogP contribution in [0.15, 0.2) is 22.7 Å². The molecule has 0 unspecified atom stereocenters.